The van der Waals surface area contributed by atoms with Crippen LogP contribution in [0.1, 0.15) is 31.8 Å². The Labute approximate surface area is 199 Å². The maximum Gasteiger partial charge on any atom is 0.269 e. The topological polar surface area (TPSA) is 98.8 Å². The van der Waals surface area contributed by atoms with Gasteiger partial charge in [-0.1, -0.05) is 30.3 Å². The van der Waals surface area contributed by atoms with Crippen LogP contribution in [0, 0.1) is 0 Å². The fourth-order valence-electron chi connectivity index (χ4n) is 3.81. The van der Waals surface area contributed by atoms with E-state index in [1.165, 1.54) is 49.5 Å². The minimum atomic E-state index is -3.68. The first-order chi connectivity index (χ1) is 16.3. The summed E-state index contributed by atoms with van der Waals surface area (Å²) in [6.07, 6.45) is 0.974. The molecule has 0 aliphatic carbocycles. The zero-order chi connectivity index (χ0) is 24.3. The second kappa shape index (κ2) is 9.66. The van der Waals surface area contributed by atoms with Gasteiger partial charge in [0.05, 0.1) is 4.90 Å². The molecule has 3 aromatic carbocycles. The molecule has 176 valence electrons. The van der Waals surface area contributed by atoms with Gasteiger partial charge < -0.3 is 4.90 Å². The fraction of sp³-hybridized carbons (Fsp3) is 0.200. The van der Waals surface area contributed by atoms with E-state index in [9.17, 15) is 18.0 Å². The normalized spacial score (nSPS) is 13.3. The van der Waals surface area contributed by atoms with E-state index in [2.05, 4.69) is 34.0 Å². The van der Waals surface area contributed by atoms with E-state index in [0.29, 0.717) is 5.56 Å². The highest BCUT2D eigenvalue weighted by Crippen LogP contribution is 2.24. The van der Waals surface area contributed by atoms with Crippen molar-refractivity contribution >= 4 is 27.5 Å². The lowest BCUT2D eigenvalue weighted by Crippen LogP contribution is -2.41. The molecule has 2 N–H and O–H groups in total. The van der Waals surface area contributed by atoms with Crippen molar-refractivity contribution in [1.29, 1.82) is 0 Å². The smallest absolute Gasteiger partial charge is 0.269 e. The van der Waals surface area contributed by atoms with Crippen molar-refractivity contribution in [2.45, 2.75) is 17.9 Å². The summed E-state index contributed by atoms with van der Waals surface area (Å²) in [6, 6.07) is 21.2. The maximum atomic E-state index is 12.5. The van der Waals surface area contributed by atoms with Gasteiger partial charge in [0.15, 0.2) is 0 Å². The standard InChI is InChI=1S/C25H26N4O4S/c1-28(2)34(32,33)23-9-5-8-20(16-23)25(31)27-26-24(30)19-10-12-22(13-11-19)29-15-14-18-6-3-4-7-21(18)17-29/h3-13,16H,14-15,17H2,1-2H3,(H,26,30)(H,27,31). The average Bonchev–Trinajstić information content (AvgIpc) is 2.86. The summed E-state index contributed by atoms with van der Waals surface area (Å²) in [5.41, 5.74) is 8.92. The summed E-state index contributed by atoms with van der Waals surface area (Å²) in [5.74, 6) is -1.09. The minimum absolute atomic E-state index is 0.00704. The van der Waals surface area contributed by atoms with Gasteiger partial charge in [0.25, 0.3) is 11.8 Å². The Bertz CT molecular complexity index is 1320. The van der Waals surface area contributed by atoms with Crippen LogP contribution in [0.3, 0.4) is 0 Å². The number of hydrogen-bond acceptors (Lipinski definition) is 5. The quantitative estimate of drug-likeness (QED) is 0.549. The van der Waals surface area contributed by atoms with E-state index >= 15 is 0 Å². The lowest BCUT2D eigenvalue weighted by atomic mass is 9.99. The summed E-state index contributed by atoms with van der Waals surface area (Å²) in [5, 5.41) is 0. The Morgan fingerprint density at radius 3 is 2.15 bits per heavy atom. The van der Waals surface area contributed by atoms with Crippen LogP contribution in [0.25, 0.3) is 0 Å². The van der Waals surface area contributed by atoms with Gasteiger partial charge in [-0.2, -0.15) is 0 Å². The molecule has 1 heterocycles. The number of benzene rings is 3. The molecule has 3 aromatic rings. The predicted octanol–water partition coefficient (Wildman–Crippen LogP) is 2.57. The van der Waals surface area contributed by atoms with Gasteiger partial charge in [-0.3, -0.25) is 20.4 Å². The van der Waals surface area contributed by atoms with Crippen molar-refractivity contribution in [1.82, 2.24) is 15.2 Å². The van der Waals surface area contributed by atoms with Gasteiger partial charge in [0.2, 0.25) is 10.0 Å². The van der Waals surface area contributed by atoms with E-state index in [1.54, 1.807) is 12.1 Å². The first-order valence-electron chi connectivity index (χ1n) is 10.8. The van der Waals surface area contributed by atoms with Gasteiger partial charge in [-0.05, 0) is 60.0 Å². The molecule has 0 radical (unpaired) electrons. The number of anilines is 1. The van der Waals surface area contributed by atoms with Crippen molar-refractivity contribution in [2.75, 3.05) is 25.5 Å². The Hall–Kier alpha value is -3.69. The van der Waals surface area contributed by atoms with E-state index in [0.717, 1.165) is 29.5 Å². The summed E-state index contributed by atoms with van der Waals surface area (Å²) >= 11 is 0. The van der Waals surface area contributed by atoms with E-state index in [-0.39, 0.29) is 10.5 Å². The largest absolute Gasteiger partial charge is 0.367 e. The Morgan fingerprint density at radius 1 is 0.824 bits per heavy atom. The van der Waals surface area contributed by atoms with Gasteiger partial charge in [-0.25, -0.2) is 12.7 Å². The molecule has 1 aliphatic rings. The molecule has 0 aromatic heterocycles. The molecular weight excluding hydrogens is 452 g/mol. The van der Waals surface area contributed by atoms with Crippen molar-refractivity contribution in [3.8, 4) is 0 Å². The average molecular weight is 479 g/mol. The molecule has 0 atom stereocenters. The SMILES string of the molecule is CN(C)S(=O)(=O)c1cccc(C(=O)NNC(=O)c2ccc(N3CCc4ccccc4C3)cc2)c1. The zero-order valence-electron chi connectivity index (χ0n) is 19.0. The molecule has 9 heteroatoms. The Morgan fingerprint density at radius 2 is 1.47 bits per heavy atom. The second-order valence-electron chi connectivity index (χ2n) is 8.21. The molecule has 0 spiro atoms. The number of nitrogens with zero attached hydrogens (tertiary/aromatic N) is 2. The first-order valence-corrected chi connectivity index (χ1v) is 12.2. The van der Waals surface area contributed by atoms with Crippen LogP contribution in [0.5, 0.6) is 0 Å². The van der Waals surface area contributed by atoms with Crippen LogP contribution in [0.4, 0.5) is 5.69 Å². The van der Waals surface area contributed by atoms with Crippen molar-refractivity contribution in [2.24, 2.45) is 0 Å². The van der Waals surface area contributed by atoms with Crippen molar-refractivity contribution in [3.63, 3.8) is 0 Å². The molecule has 0 bridgehead atoms. The van der Waals surface area contributed by atoms with Crippen LogP contribution < -0.4 is 15.8 Å². The fourth-order valence-corrected chi connectivity index (χ4v) is 4.75. The van der Waals surface area contributed by atoms with E-state index in [4.69, 9.17) is 0 Å². The zero-order valence-corrected chi connectivity index (χ0v) is 19.8. The third-order valence-corrected chi connectivity index (χ3v) is 7.60. The number of hydrogen-bond donors (Lipinski definition) is 2. The van der Waals surface area contributed by atoms with Crippen LogP contribution in [0.2, 0.25) is 0 Å². The highest BCUT2D eigenvalue weighted by molar-refractivity contribution is 7.89. The van der Waals surface area contributed by atoms with Gasteiger partial charge in [0, 0.05) is 44.0 Å². The number of rotatable bonds is 5. The van der Waals surface area contributed by atoms with Crippen LogP contribution >= 0.6 is 0 Å². The minimum Gasteiger partial charge on any atom is -0.367 e. The lowest BCUT2D eigenvalue weighted by Gasteiger charge is -2.30. The van der Waals surface area contributed by atoms with Gasteiger partial charge >= 0.3 is 0 Å². The number of amides is 2. The summed E-state index contributed by atoms with van der Waals surface area (Å²) in [4.78, 5) is 27.2. The lowest BCUT2D eigenvalue weighted by molar-refractivity contribution is 0.0846. The van der Waals surface area contributed by atoms with Crippen molar-refractivity contribution in [3.05, 3.63) is 95.1 Å². The number of sulfonamides is 1. The van der Waals surface area contributed by atoms with Gasteiger partial charge in [0.1, 0.15) is 0 Å². The molecule has 8 nitrogen and oxygen atoms in total. The number of fused-ring (bicyclic) bond motifs is 1. The Kier molecular flexibility index (Phi) is 6.67. The van der Waals surface area contributed by atoms with Crippen LogP contribution in [-0.2, 0) is 23.0 Å². The third kappa shape index (κ3) is 4.95. The number of carbonyl (C=O) groups is 2. The predicted molar refractivity (Wildman–Crippen MR) is 130 cm³/mol. The number of carbonyl (C=O) groups excluding carboxylic acids is 2. The molecule has 1 aliphatic heterocycles. The van der Waals surface area contributed by atoms with Crippen LogP contribution in [0.15, 0.2) is 77.7 Å². The number of nitrogens with one attached hydrogen (secondary N) is 2. The number of hydrazine groups is 1. The molecular formula is C25H26N4O4S. The molecule has 0 saturated carbocycles. The van der Waals surface area contributed by atoms with Crippen molar-refractivity contribution < 1.29 is 18.0 Å². The third-order valence-electron chi connectivity index (χ3n) is 5.79. The molecule has 0 saturated heterocycles. The molecule has 0 fully saturated rings. The second-order valence-corrected chi connectivity index (χ2v) is 10.4. The van der Waals surface area contributed by atoms with E-state index in [1.807, 2.05) is 18.2 Å². The highest BCUT2D eigenvalue weighted by atomic mass is 32.2. The maximum absolute atomic E-state index is 12.5. The summed E-state index contributed by atoms with van der Waals surface area (Å²) in [6.45, 7) is 1.72. The molecule has 0 unspecified atom stereocenters. The highest BCUT2D eigenvalue weighted by Gasteiger charge is 2.19. The molecule has 4 rings (SSSR count). The monoisotopic (exact) mass is 478 g/mol. The molecule has 34 heavy (non-hydrogen) atoms. The van der Waals surface area contributed by atoms with E-state index < -0.39 is 21.8 Å². The molecule has 2 amide bonds. The van der Waals surface area contributed by atoms with Crippen LogP contribution in [-0.4, -0.2) is 45.2 Å². The van der Waals surface area contributed by atoms with Gasteiger partial charge in [-0.15, -0.1) is 0 Å². The summed E-state index contributed by atoms with van der Waals surface area (Å²) < 4.78 is 25.6. The first kappa shape index (κ1) is 23.5. The Balaban J connectivity index is 1.37. The summed E-state index contributed by atoms with van der Waals surface area (Å²) in [7, 11) is -0.846.